The SMILES string of the molecule is Cc1ccccc1N1c2cc3c(cc2B2c4oc5ccc(C(C)(C)C)cc5c4N(c4ccc(C(C)(C)C)cc4)c4cc(N5c6ccccc6C(C)(C)c6ccccc65)cc1c42)C(C)(C)CCC3(C)C. The zero-order valence-electron chi connectivity index (χ0n) is 43.0. The van der Waals surface area contributed by atoms with Gasteiger partial charge in [-0.1, -0.05) is 162 Å². The summed E-state index contributed by atoms with van der Waals surface area (Å²) in [5.41, 5.74) is 24.2. The molecule has 0 spiro atoms. The number of aryl methyl sites for hydroxylation is 1. The number of benzene rings is 7. The molecule has 1 aliphatic carbocycles. The van der Waals surface area contributed by atoms with Crippen LogP contribution in [0.4, 0.5) is 51.2 Å². The van der Waals surface area contributed by atoms with Crippen LogP contribution in [0.3, 0.4) is 0 Å². The Morgan fingerprint density at radius 2 is 1.01 bits per heavy atom. The van der Waals surface area contributed by atoms with E-state index >= 15 is 0 Å². The maximum atomic E-state index is 7.49. The van der Waals surface area contributed by atoms with E-state index in [1.807, 2.05) is 0 Å². The van der Waals surface area contributed by atoms with Crippen LogP contribution in [0, 0.1) is 6.92 Å². The summed E-state index contributed by atoms with van der Waals surface area (Å²) in [4.78, 5) is 7.74. The molecule has 5 heteroatoms. The molecule has 0 radical (unpaired) electrons. The molecule has 4 aliphatic rings. The minimum atomic E-state index is -0.195. The molecule has 7 aromatic carbocycles. The Balaban J connectivity index is 1.26. The highest BCUT2D eigenvalue weighted by atomic mass is 16.3. The van der Waals surface area contributed by atoms with E-state index in [-0.39, 0.29) is 33.8 Å². The van der Waals surface area contributed by atoms with Crippen LogP contribution < -0.4 is 31.3 Å². The number of nitrogens with zero attached hydrogens (tertiary/aromatic N) is 3. The maximum Gasteiger partial charge on any atom is 0.297 e. The monoisotopic (exact) mass is 904 g/mol. The Hall–Kier alpha value is -6.46. The maximum absolute atomic E-state index is 7.49. The van der Waals surface area contributed by atoms with Crippen LogP contribution in [-0.4, -0.2) is 6.71 Å². The number of hydrogen-bond acceptors (Lipinski definition) is 4. The fraction of sp³-hybridized carbons (Fsp3) is 0.312. The molecule has 0 unspecified atom stereocenters. The van der Waals surface area contributed by atoms with E-state index in [1.54, 1.807) is 0 Å². The Morgan fingerprint density at radius 1 is 0.478 bits per heavy atom. The van der Waals surface area contributed by atoms with Crippen LogP contribution in [0.15, 0.2) is 144 Å². The van der Waals surface area contributed by atoms with Crippen LogP contribution >= 0.6 is 0 Å². The van der Waals surface area contributed by atoms with Crippen LogP contribution in [0.5, 0.6) is 0 Å². The predicted octanol–water partition coefficient (Wildman–Crippen LogP) is 15.9. The molecule has 1 aromatic heterocycles. The first kappa shape index (κ1) is 43.8. The van der Waals surface area contributed by atoms with E-state index in [9.17, 15) is 0 Å². The van der Waals surface area contributed by atoms with Crippen molar-refractivity contribution in [1.82, 2.24) is 0 Å². The molecule has 0 fully saturated rings. The van der Waals surface area contributed by atoms with Gasteiger partial charge in [0.15, 0.2) is 0 Å². The minimum absolute atomic E-state index is 0.00176. The molecular formula is C64H66BN3O. The highest BCUT2D eigenvalue weighted by Gasteiger charge is 2.50. The van der Waals surface area contributed by atoms with Gasteiger partial charge in [0.05, 0.1) is 28.4 Å². The fourth-order valence-electron chi connectivity index (χ4n) is 12.5. The fourth-order valence-corrected chi connectivity index (χ4v) is 12.5. The first-order chi connectivity index (χ1) is 32.6. The third kappa shape index (κ3) is 6.41. The summed E-state index contributed by atoms with van der Waals surface area (Å²) in [6.07, 6.45) is 2.28. The summed E-state index contributed by atoms with van der Waals surface area (Å²) in [5.74, 6) is 0. The average molecular weight is 904 g/mol. The van der Waals surface area contributed by atoms with Crippen molar-refractivity contribution in [3.05, 3.63) is 178 Å². The number of anilines is 9. The summed E-state index contributed by atoms with van der Waals surface area (Å²) in [5, 5.41) is 1.15. The third-order valence-electron chi connectivity index (χ3n) is 16.7. The van der Waals surface area contributed by atoms with Gasteiger partial charge in [-0.2, -0.15) is 0 Å². The molecule has 0 saturated heterocycles. The van der Waals surface area contributed by atoms with Crippen molar-refractivity contribution in [3.8, 4) is 0 Å². The third-order valence-corrected chi connectivity index (χ3v) is 16.7. The van der Waals surface area contributed by atoms with Gasteiger partial charge in [0.2, 0.25) is 0 Å². The Kier molecular flexibility index (Phi) is 9.23. The minimum Gasteiger partial charge on any atom is -0.468 e. The van der Waals surface area contributed by atoms with Crippen molar-refractivity contribution in [2.24, 2.45) is 0 Å². The summed E-state index contributed by atoms with van der Waals surface area (Å²) >= 11 is 0. The molecule has 3 aliphatic heterocycles. The molecule has 346 valence electrons. The molecule has 8 aromatic rings. The molecule has 12 rings (SSSR count). The largest absolute Gasteiger partial charge is 0.468 e. The molecule has 0 saturated carbocycles. The van der Waals surface area contributed by atoms with Gasteiger partial charge in [-0.05, 0) is 152 Å². The van der Waals surface area contributed by atoms with Crippen molar-refractivity contribution >= 4 is 85.5 Å². The molecule has 0 amide bonds. The van der Waals surface area contributed by atoms with Crippen LogP contribution in [-0.2, 0) is 27.1 Å². The predicted molar refractivity (Wildman–Crippen MR) is 294 cm³/mol. The highest BCUT2D eigenvalue weighted by Crippen LogP contribution is 2.56. The summed E-state index contributed by atoms with van der Waals surface area (Å²) in [6.45, 7) is 30.6. The van der Waals surface area contributed by atoms with Gasteiger partial charge in [-0.15, -0.1) is 0 Å². The lowest BCUT2D eigenvalue weighted by molar-refractivity contribution is 0.332. The van der Waals surface area contributed by atoms with Gasteiger partial charge in [-0.3, -0.25) is 0 Å². The van der Waals surface area contributed by atoms with E-state index < -0.39 is 0 Å². The van der Waals surface area contributed by atoms with Gasteiger partial charge in [-0.25, -0.2) is 0 Å². The Bertz CT molecular complexity index is 3380. The summed E-state index contributed by atoms with van der Waals surface area (Å²) in [6, 6.07) is 53.7. The second-order valence-corrected chi connectivity index (χ2v) is 24.6. The van der Waals surface area contributed by atoms with Crippen LogP contribution in [0.25, 0.3) is 11.0 Å². The van der Waals surface area contributed by atoms with Crippen molar-refractivity contribution in [1.29, 1.82) is 0 Å². The topological polar surface area (TPSA) is 22.9 Å². The molecule has 0 atom stereocenters. The zero-order valence-corrected chi connectivity index (χ0v) is 43.0. The summed E-state index contributed by atoms with van der Waals surface area (Å²) < 4.78 is 7.49. The molecule has 4 nitrogen and oxygen atoms in total. The van der Waals surface area contributed by atoms with E-state index in [4.69, 9.17) is 4.42 Å². The average Bonchev–Trinajstić information content (AvgIpc) is 3.69. The second kappa shape index (κ2) is 14.5. The second-order valence-electron chi connectivity index (χ2n) is 24.6. The van der Waals surface area contributed by atoms with Gasteiger partial charge >= 0.3 is 0 Å². The van der Waals surface area contributed by atoms with Crippen molar-refractivity contribution < 1.29 is 4.42 Å². The van der Waals surface area contributed by atoms with Gasteiger partial charge < -0.3 is 19.1 Å². The van der Waals surface area contributed by atoms with E-state index in [0.717, 1.165) is 46.5 Å². The van der Waals surface area contributed by atoms with Gasteiger partial charge in [0.25, 0.3) is 6.71 Å². The molecule has 0 bridgehead atoms. The van der Waals surface area contributed by atoms with Crippen LogP contribution in [0.2, 0.25) is 0 Å². The number of fused-ring (bicyclic) bond motifs is 9. The van der Waals surface area contributed by atoms with Crippen molar-refractivity contribution in [2.75, 3.05) is 14.7 Å². The smallest absolute Gasteiger partial charge is 0.297 e. The lowest BCUT2D eigenvalue weighted by Crippen LogP contribution is -2.61. The Labute approximate surface area is 411 Å². The number of rotatable bonds is 3. The number of furan rings is 1. The van der Waals surface area contributed by atoms with E-state index in [0.29, 0.717) is 0 Å². The standard InChI is InChI=1S/C64H66BN3O/c1-39-20-14-17-23-50(39)68-53-38-48-47(62(8,9)32-33-63(48,10)11)37-49(53)65-57-54(35-43(36-55(57)68)66-51-24-18-15-21-45(51)64(12,13)46-22-16-19-25-52(46)66)67(42-29-26-40(27-30-42)60(2,3)4)58-44-34-41(61(5,6)7)28-31-56(44)69-59(58)65/h14-31,34-38H,32-33H2,1-13H3. The van der Waals surface area contributed by atoms with Crippen molar-refractivity contribution in [3.63, 3.8) is 0 Å². The quantitative estimate of drug-likeness (QED) is 0.165. The lowest BCUT2D eigenvalue weighted by Gasteiger charge is -2.47. The molecule has 4 heterocycles. The van der Waals surface area contributed by atoms with E-state index in [1.165, 1.54) is 84.0 Å². The van der Waals surface area contributed by atoms with Crippen LogP contribution in [0.1, 0.15) is 135 Å². The normalized spacial score (nSPS) is 17.2. The lowest BCUT2D eigenvalue weighted by atomic mass is 9.35. The first-order valence-electron chi connectivity index (χ1n) is 25.3. The molecule has 69 heavy (non-hydrogen) atoms. The van der Waals surface area contributed by atoms with Crippen molar-refractivity contribution in [2.45, 2.75) is 130 Å². The first-order valence-corrected chi connectivity index (χ1v) is 25.3. The van der Waals surface area contributed by atoms with Gasteiger partial charge in [0.1, 0.15) is 5.58 Å². The Morgan fingerprint density at radius 3 is 1.61 bits per heavy atom. The van der Waals surface area contributed by atoms with E-state index in [2.05, 4.69) is 244 Å². The highest BCUT2D eigenvalue weighted by molar-refractivity contribution is 7.00. The number of hydrogen-bond donors (Lipinski definition) is 0. The molecular weight excluding hydrogens is 838 g/mol. The molecule has 0 N–H and O–H groups in total. The number of para-hydroxylation sites is 3. The summed E-state index contributed by atoms with van der Waals surface area (Å²) in [7, 11) is 0. The zero-order chi connectivity index (χ0) is 48.3. The van der Waals surface area contributed by atoms with Gasteiger partial charge in [0, 0.05) is 39.2 Å².